The fraction of sp³-hybridized carbons (Fsp3) is 0.455. The number of hydrogen-bond acceptors (Lipinski definition) is 6. The van der Waals surface area contributed by atoms with Crippen molar-refractivity contribution in [3.05, 3.63) is 29.8 Å². The van der Waals surface area contributed by atoms with Crippen molar-refractivity contribution in [1.29, 1.82) is 0 Å². The molecule has 168 valence electrons. The highest BCUT2D eigenvalue weighted by Gasteiger charge is 2.50. The zero-order chi connectivity index (χ0) is 22.8. The molecule has 2 aliphatic carbocycles. The van der Waals surface area contributed by atoms with Gasteiger partial charge in [0.25, 0.3) is 5.91 Å². The van der Waals surface area contributed by atoms with E-state index in [1.165, 1.54) is 17.0 Å². The summed E-state index contributed by atoms with van der Waals surface area (Å²) < 4.78 is 0. The van der Waals surface area contributed by atoms with Gasteiger partial charge in [-0.15, -0.1) is 0 Å². The van der Waals surface area contributed by atoms with Crippen LogP contribution in [-0.4, -0.2) is 46.8 Å². The first-order valence-electron chi connectivity index (χ1n) is 10.8. The van der Waals surface area contributed by atoms with Gasteiger partial charge in [-0.2, -0.15) is 5.10 Å². The lowest BCUT2D eigenvalue weighted by Gasteiger charge is -2.36. The minimum atomic E-state index is -1.28. The van der Waals surface area contributed by atoms with Crippen LogP contribution in [0.25, 0.3) is 0 Å². The molecule has 1 heterocycles. The van der Waals surface area contributed by atoms with E-state index >= 15 is 0 Å². The Morgan fingerprint density at radius 1 is 1.16 bits per heavy atom. The summed E-state index contributed by atoms with van der Waals surface area (Å²) in [5.74, 6) is -2.52. The van der Waals surface area contributed by atoms with E-state index in [4.69, 9.17) is 0 Å². The second-order valence-corrected chi connectivity index (χ2v) is 8.42. The summed E-state index contributed by atoms with van der Waals surface area (Å²) in [5, 5.41) is 8.69. The lowest BCUT2D eigenvalue weighted by atomic mass is 9.92. The number of hydrogen-bond donors (Lipinski definition) is 3. The molecular weight excluding hydrogens is 414 g/mol. The number of hydrazone groups is 1. The Hall–Kier alpha value is -3.56. The third kappa shape index (κ3) is 4.25. The number of nitrogens with zero attached hydrogens (tertiary/aromatic N) is 2. The molecule has 1 aromatic rings. The van der Waals surface area contributed by atoms with Crippen LogP contribution in [0.4, 0.5) is 10.5 Å². The summed E-state index contributed by atoms with van der Waals surface area (Å²) in [6, 6.07) is 5.34. The predicted molar refractivity (Wildman–Crippen MR) is 114 cm³/mol. The van der Waals surface area contributed by atoms with Crippen LogP contribution in [0.5, 0.6) is 0 Å². The highest BCUT2D eigenvalue weighted by Crippen LogP contribution is 2.47. The molecule has 4 rings (SSSR count). The van der Waals surface area contributed by atoms with Gasteiger partial charge >= 0.3 is 6.03 Å². The van der Waals surface area contributed by atoms with E-state index in [-0.39, 0.29) is 23.4 Å². The van der Waals surface area contributed by atoms with Crippen LogP contribution in [0.3, 0.4) is 0 Å². The predicted octanol–water partition coefficient (Wildman–Crippen LogP) is 1.63. The summed E-state index contributed by atoms with van der Waals surface area (Å²) >= 11 is 0. The molecular formula is C22H25N5O5. The molecule has 0 spiro atoms. The van der Waals surface area contributed by atoms with Gasteiger partial charge in [0.1, 0.15) is 0 Å². The van der Waals surface area contributed by atoms with Gasteiger partial charge in [-0.3, -0.25) is 29.4 Å². The number of carbonyl (C=O) groups is 5. The largest absolute Gasteiger partial charge is 0.331 e. The van der Waals surface area contributed by atoms with Crippen LogP contribution >= 0.6 is 0 Å². The Bertz CT molecular complexity index is 989. The van der Waals surface area contributed by atoms with Gasteiger partial charge in [-0.1, -0.05) is 13.3 Å². The number of rotatable bonds is 6. The van der Waals surface area contributed by atoms with Crippen molar-refractivity contribution in [3.8, 4) is 0 Å². The zero-order valence-electron chi connectivity index (χ0n) is 17.7. The van der Waals surface area contributed by atoms with Gasteiger partial charge in [0.05, 0.1) is 0 Å². The molecule has 1 saturated heterocycles. The Balaban J connectivity index is 1.38. The van der Waals surface area contributed by atoms with Gasteiger partial charge < -0.3 is 5.32 Å². The molecule has 3 N–H and O–H groups in total. The monoisotopic (exact) mass is 439 g/mol. The van der Waals surface area contributed by atoms with E-state index < -0.39 is 29.7 Å². The number of fused-ring (bicyclic) bond motifs is 2. The number of urea groups is 1. The Morgan fingerprint density at radius 3 is 2.53 bits per heavy atom. The van der Waals surface area contributed by atoms with Crippen molar-refractivity contribution in [2.24, 2.45) is 22.9 Å². The van der Waals surface area contributed by atoms with Crippen molar-refractivity contribution in [1.82, 2.24) is 15.6 Å². The molecule has 0 unspecified atom stereocenters. The minimum absolute atomic E-state index is 0.139. The molecule has 32 heavy (non-hydrogen) atoms. The standard InChI is InChI=1S/C22H25N5O5/c1-2-18(28)24-15-7-5-13(6-8-15)19(29)26-23-11-16-20(30)25-22(32)27(21(16)31)17-10-12-3-4-14(17)9-12/h5-8,11-12,14,16-17H,2-4,9-10H2,1H3,(H,24,28)(H,26,29)(H,25,30,32)/b23-11-/t12-,14-,16-,17-/m0/s1. The molecule has 10 heteroatoms. The summed E-state index contributed by atoms with van der Waals surface area (Å²) in [5.41, 5.74) is 3.14. The van der Waals surface area contributed by atoms with E-state index in [1.807, 2.05) is 0 Å². The second kappa shape index (κ2) is 8.89. The first-order valence-corrected chi connectivity index (χ1v) is 10.8. The number of nitrogens with one attached hydrogen (secondary N) is 3. The molecule has 3 aliphatic rings. The molecule has 2 saturated carbocycles. The lowest BCUT2D eigenvalue weighted by Crippen LogP contribution is -2.62. The number of anilines is 1. The van der Waals surface area contributed by atoms with Gasteiger partial charge in [-0.05, 0) is 55.4 Å². The van der Waals surface area contributed by atoms with Gasteiger partial charge in [-0.25, -0.2) is 10.2 Å². The highest BCUT2D eigenvalue weighted by molar-refractivity contribution is 6.23. The maximum Gasteiger partial charge on any atom is 0.331 e. The van der Waals surface area contributed by atoms with Gasteiger partial charge in [0.2, 0.25) is 17.7 Å². The van der Waals surface area contributed by atoms with Crippen molar-refractivity contribution in [2.75, 3.05) is 5.32 Å². The first kappa shape index (κ1) is 21.7. The van der Waals surface area contributed by atoms with Crippen molar-refractivity contribution < 1.29 is 24.0 Å². The molecule has 1 aromatic carbocycles. The maximum atomic E-state index is 12.9. The van der Waals surface area contributed by atoms with E-state index in [1.54, 1.807) is 19.1 Å². The summed E-state index contributed by atoms with van der Waals surface area (Å²) in [6.45, 7) is 1.74. The third-order valence-corrected chi connectivity index (χ3v) is 6.41. The molecule has 0 aromatic heterocycles. The molecule has 1 aliphatic heterocycles. The van der Waals surface area contributed by atoms with Gasteiger partial charge in [0, 0.05) is 29.9 Å². The fourth-order valence-corrected chi connectivity index (χ4v) is 4.77. The normalized spacial score (nSPS) is 27.0. The fourth-order valence-electron chi connectivity index (χ4n) is 4.77. The van der Waals surface area contributed by atoms with Crippen LogP contribution in [0.1, 0.15) is 49.4 Å². The third-order valence-electron chi connectivity index (χ3n) is 6.41. The smallest absolute Gasteiger partial charge is 0.326 e. The van der Waals surface area contributed by atoms with E-state index in [2.05, 4.69) is 21.2 Å². The molecule has 10 nitrogen and oxygen atoms in total. The van der Waals surface area contributed by atoms with Crippen LogP contribution in [-0.2, 0) is 14.4 Å². The van der Waals surface area contributed by atoms with Crippen molar-refractivity contribution in [3.63, 3.8) is 0 Å². The molecule has 0 radical (unpaired) electrons. The number of imide groups is 2. The number of benzene rings is 1. The van der Waals surface area contributed by atoms with Crippen LogP contribution < -0.4 is 16.1 Å². The number of carbonyl (C=O) groups excluding carboxylic acids is 5. The Kier molecular flexibility index (Phi) is 6.02. The minimum Gasteiger partial charge on any atom is -0.326 e. The molecule has 4 atom stereocenters. The van der Waals surface area contributed by atoms with E-state index in [0.717, 1.165) is 31.9 Å². The van der Waals surface area contributed by atoms with E-state index in [0.29, 0.717) is 18.0 Å². The number of barbiturate groups is 1. The average Bonchev–Trinajstić information content (AvgIpc) is 3.40. The zero-order valence-corrected chi connectivity index (χ0v) is 17.7. The van der Waals surface area contributed by atoms with E-state index in [9.17, 15) is 24.0 Å². The second-order valence-electron chi connectivity index (χ2n) is 8.42. The van der Waals surface area contributed by atoms with Crippen LogP contribution in [0.2, 0.25) is 0 Å². The molecule has 2 bridgehead atoms. The maximum absolute atomic E-state index is 12.9. The average molecular weight is 439 g/mol. The van der Waals surface area contributed by atoms with Crippen LogP contribution in [0, 0.1) is 17.8 Å². The highest BCUT2D eigenvalue weighted by atomic mass is 16.2. The topological polar surface area (TPSA) is 137 Å². The Morgan fingerprint density at radius 2 is 1.91 bits per heavy atom. The first-order chi connectivity index (χ1) is 15.4. The van der Waals surface area contributed by atoms with Crippen molar-refractivity contribution >= 4 is 41.6 Å². The molecule has 6 amide bonds. The molecule has 3 fully saturated rings. The lowest BCUT2D eigenvalue weighted by molar-refractivity contribution is -0.141. The van der Waals surface area contributed by atoms with Crippen molar-refractivity contribution in [2.45, 2.75) is 45.1 Å². The quantitative estimate of drug-likeness (QED) is 0.352. The Labute approximate surface area is 184 Å². The SMILES string of the molecule is CCC(=O)Nc1ccc(C(=O)N/N=C\[C@H]2C(=O)NC(=O)N([C@H]3C[C@H]4CC[C@H]3C4)C2=O)cc1. The summed E-state index contributed by atoms with van der Waals surface area (Å²) in [7, 11) is 0. The van der Waals surface area contributed by atoms with Gasteiger partial charge in [0.15, 0.2) is 5.92 Å². The summed E-state index contributed by atoms with van der Waals surface area (Å²) in [4.78, 5) is 62.3. The number of amides is 6. The summed E-state index contributed by atoms with van der Waals surface area (Å²) in [6.07, 6.45) is 5.27. The van der Waals surface area contributed by atoms with Crippen LogP contribution in [0.15, 0.2) is 29.4 Å².